The molecule has 0 N–H and O–H groups in total. The molecule has 0 atom stereocenters. The molecule has 0 amide bonds. The van der Waals surface area contributed by atoms with Crippen LogP contribution in [-0.2, 0) is 0 Å². The summed E-state index contributed by atoms with van der Waals surface area (Å²) < 4.78 is 0. The van der Waals surface area contributed by atoms with E-state index < -0.39 is 0 Å². The summed E-state index contributed by atoms with van der Waals surface area (Å²) in [6, 6.07) is 37.2. The van der Waals surface area contributed by atoms with Crippen molar-refractivity contribution in [3.05, 3.63) is 132 Å². The van der Waals surface area contributed by atoms with Crippen LogP contribution in [0.25, 0.3) is 75.7 Å². The van der Waals surface area contributed by atoms with Crippen LogP contribution in [0.15, 0.2) is 109 Å². The van der Waals surface area contributed by atoms with Gasteiger partial charge in [0.25, 0.3) is 0 Å². The Morgan fingerprint density at radius 1 is 0.389 bits per heavy atom. The molecule has 2 nitrogen and oxygen atoms in total. The molecule has 0 saturated heterocycles. The fraction of sp³-hybridized carbons (Fsp3) is 0. The lowest BCUT2D eigenvalue weighted by Gasteiger charge is -2.21. The van der Waals surface area contributed by atoms with Gasteiger partial charge in [0.15, 0.2) is 11.4 Å². The molecule has 6 aromatic rings. The highest BCUT2D eigenvalue weighted by Crippen LogP contribution is 2.59. The lowest BCUT2D eigenvalue weighted by atomic mass is 9.82. The second-order valence-electron chi connectivity index (χ2n) is 9.01. The molecule has 2 heteroatoms. The molecule has 0 radical (unpaired) electrons. The van der Waals surface area contributed by atoms with Gasteiger partial charge in [-0.3, -0.25) is 0 Å². The predicted octanol–water partition coefficient (Wildman–Crippen LogP) is 10.1. The molecule has 36 heavy (non-hydrogen) atoms. The minimum absolute atomic E-state index is 0.641. The maximum atomic E-state index is 7.90. The second-order valence-corrected chi connectivity index (χ2v) is 9.01. The second kappa shape index (κ2) is 7.67. The Morgan fingerprint density at radius 3 is 1.28 bits per heavy atom. The van der Waals surface area contributed by atoms with E-state index >= 15 is 0 Å². The molecular formula is C34H18N2. The highest BCUT2D eigenvalue weighted by molar-refractivity contribution is 6.28. The zero-order valence-electron chi connectivity index (χ0n) is 19.3. The largest absolute Gasteiger partial charge is 0.238 e. The number of para-hydroxylation sites is 2. The van der Waals surface area contributed by atoms with Crippen molar-refractivity contribution in [3.8, 4) is 44.5 Å². The van der Waals surface area contributed by atoms with E-state index in [1.807, 2.05) is 36.4 Å². The SMILES string of the molecule is [C-]#[N+]c1ccccc1-c1c2c(c(-c3ccccc3[N+]#[C-])c3ccccc13)-c1cccc3cccc-2c13. The van der Waals surface area contributed by atoms with Crippen LogP contribution in [0.4, 0.5) is 11.4 Å². The topological polar surface area (TPSA) is 8.72 Å². The van der Waals surface area contributed by atoms with Gasteiger partial charge in [0, 0.05) is 0 Å². The van der Waals surface area contributed by atoms with E-state index in [4.69, 9.17) is 13.1 Å². The van der Waals surface area contributed by atoms with Crippen LogP contribution in [0, 0.1) is 13.1 Å². The van der Waals surface area contributed by atoms with Crippen LogP contribution in [0.5, 0.6) is 0 Å². The molecule has 1 aliphatic rings. The molecule has 0 saturated carbocycles. The zero-order chi connectivity index (χ0) is 24.2. The minimum Gasteiger partial charge on any atom is -0.238 e. The van der Waals surface area contributed by atoms with Crippen LogP contribution in [0.2, 0.25) is 0 Å². The maximum absolute atomic E-state index is 7.90. The third kappa shape index (κ3) is 2.65. The van der Waals surface area contributed by atoms with E-state index in [2.05, 4.69) is 82.5 Å². The highest BCUT2D eigenvalue weighted by Gasteiger charge is 2.31. The average Bonchev–Trinajstić information content (AvgIpc) is 3.27. The molecule has 164 valence electrons. The van der Waals surface area contributed by atoms with Gasteiger partial charge in [0.05, 0.1) is 13.1 Å². The van der Waals surface area contributed by atoms with Crippen molar-refractivity contribution in [1.82, 2.24) is 0 Å². The van der Waals surface area contributed by atoms with Gasteiger partial charge in [0.2, 0.25) is 0 Å². The van der Waals surface area contributed by atoms with Crippen molar-refractivity contribution in [2.75, 3.05) is 0 Å². The first-order chi connectivity index (χ1) is 17.8. The fourth-order valence-corrected chi connectivity index (χ4v) is 5.86. The summed E-state index contributed by atoms with van der Waals surface area (Å²) >= 11 is 0. The number of hydrogen-bond donors (Lipinski definition) is 0. The van der Waals surface area contributed by atoms with Crippen molar-refractivity contribution >= 4 is 32.9 Å². The van der Waals surface area contributed by atoms with Crippen LogP contribution in [0.3, 0.4) is 0 Å². The molecule has 0 unspecified atom stereocenters. The van der Waals surface area contributed by atoms with E-state index in [9.17, 15) is 0 Å². The molecule has 0 heterocycles. The van der Waals surface area contributed by atoms with E-state index in [0.717, 1.165) is 44.2 Å². The van der Waals surface area contributed by atoms with Crippen molar-refractivity contribution < 1.29 is 0 Å². The molecule has 0 fully saturated rings. The Balaban J connectivity index is 1.79. The summed E-state index contributed by atoms with van der Waals surface area (Å²) in [6.07, 6.45) is 0. The monoisotopic (exact) mass is 454 g/mol. The third-order valence-corrected chi connectivity index (χ3v) is 7.25. The van der Waals surface area contributed by atoms with Gasteiger partial charge in [-0.2, -0.15) is 0 Å². The van der Waals surface area contributed by atoms with Gasteiger partial charge in [-0.1, -0.05) is 109 Å². The summed E-state index contributed by atoms with van der Waals surface area (Å²) in [5.74, 6) is 0. The number of rotatable bonds is 2. The minimum atomic E-state index is 0.641. The van der Waals surface area contributed by atoms with Crippen LogP contribution in [-0.4, -0.2) is 0 Å². The molecule has 1 aliphatic carbocycles. The lowest BCUT2D eigenvalue weighted by molar-refractivity contribution is 1.63. The first-order valence-electron chi connectivity index (χ1n) is 11.9. The maximum Gasteiger partial charge on any atom is 0.194 e. The number of fused-ring (bicyclic) bond motifs is 4. The Bertz CT molecular complexity index is 1830. The third-order valence-electron chi connectivity index (χ3n) is 7.25. The van der Waals surface area contributed by atoms with Crippen LogP contribution in [0.1, 0.15) is 0 Å². The Labute approximate surface area is 209 Å². The van der Waals surface area contributed by atoms with Gasteiger partial charge in [0.1, 0.15) is 0 Å². The van der Waals surface area contributed by atoms with Gasteiger partial charge >= 0.3 is 0 Å². The molecule has 0 aromatic heterocycles. The molecule has 0 bridgehead atoms. The van der Waals surface area contributed by atoms with Crippen molar-refractivity contribution in [2.24, 2.45) is 0 Å². The summed E-state index contributed by atoms with van der Waals surface area (Å²) in [4.78, 5) is 7.79. The van der Waals surface area contributed by atoms with Crippen LogP contribution >= 0.6 is 0 Å². The van der Waals surface area contributed by atoms with E-state index in [-0.39, 0.29) is 0 Å². The number of nitrogens with zero attached hydrogens (tertiary/aromatic N) is 2. The van der Waals surface area contributed by atoms with Gasteiger partial charge in [-0.25, -0.2) is 9.69 Å². The van der Waals surface area contributed by atoms with Crippen LogP contribution < -0.4 is 0 Å². The lowest BCUT2D eigenvalue weighted by Crippen LogP contribution is -1.94. The summed E-state index contributed by atoms with van der Waals surface area (Å²) in [5.41, 5.74) is 9.98. The highest BCUT2D eigenvalue weighted by atomic mass is 14.7. The zero-order valence-corrected chi connectivity index (χ0v) is 19.3. The van der Waals surface area contributed by atoms with E-state index in [0.29, 0.717) is 11.4 Å². The molecule has 0 aliphatic heterocycles. The standard InChI is InChI=1S/C34H18N2/c1-35-28-19-7-5-15-24(28)31-22-13-3-4-14-23(22)32(25-16-6-8-20-29(25)36-2)34-27-18-10-12-21-11-9-17-26(30(21)27)33(31)34/h3-20H. The summed E-state index contributed by atoms with van der Waals surface area (Å²) in [6.45, 7) is 15.8. The number of benzene rings is 6. The summed E-state index contributed by atoms with van der Waals surface area (Å²) in [7, 11) is 0. The first kappa shape index (κ1) is 20.2. The van der Waals surface area contributed by atoms with Crippen molar-refractivity contribution in [1.29, 1.82) is 0 Å². The molecule has 7 rings (SSSR count). The molecule has 0 spiro atoms. The normalized spacial score (nSPS) is 11.3. The van der Waals surface area contributed by atoms with Crippen molar-refractivity contribution in [3.63, 3.8) is 0 Å². The average molecular weight is 455 g/mol. The Kier molecular flexibility index (Phi) is 4.31. The van der Waals surface area contributed by atoms with E-state index in [1.54, 1.807) is 0 Å². The molecule has 6 aromatic carbocycles. The molecular weight excluding hydrogens is 436 g/mol. The number of hydrogen-bond acceptors (Lipinski definition) is 0. The fourth-order valence-electron chi connectivity index (χ4n) is 5.86. The predicted molar refractivity (Wildman–Crippen MR) is 149 cm³/mol. The van der Waals surface area contributed by atoms with E-state index in [1.165, 1.54) is 21.9 Å². The van der Waals surface area contributed by atoms with Gasteiger partial charge < -0.3 is 0 Å². The van der Waals surface area contributed by atoms with Gasteiger partial charge in [-0.15, -0.1) is 0 Å². The summed E-state index contributed by atoms with van der Waals surface area (Å²) in [5, 5.41) is 4.60. The Hall–Kier alpha value is -5.18. The first-order valence-corrected chi connectivity index (χ1v) is 11.9. The van der Waals surface area contributed by atoms with Gasteiger partial charge in [-0.05, 0) is 66.1 Å². The smallest absolute Gasteiger partial charge is 0.194 e. The van der Waals surface area contributed by atoms with Crippen molar-refractivity contribution in [2.45, 2.75) is 0 Å². The Morgan fingerprint density at radius 2 is 0.806 bits per heavy atom. The quantitative estimate of drug-likeness (QED) is 0.230.